The van der Waals surface area contributed by atoms with Crippen molar-refractivity contribution in [1.29, 1.82) is 0 Å². The highest BCUT2D eigenvalue weighted by Crippen LogP contribution is 2.33. The van der Waals surface area contributed by atoms with Crippen LogP contribution in [0.3, 0.4) is 0 Å². The first-order chi connectivity index (χ1) is 7.19. The first-order valence-corrected chi connectivity index (χ1v) is 6.36. The predicted octanol–water partition coefficient (Wildman–Crippen LogP) is 1.99. The maximum atomic E-state index is 5.70. The topological polar surface area (TPSA) is 63.8 Å². The smallest absolute Gasteiger partial charge is 0.191 e. The van der Waals surface area contributed by atoms with E-state index in [0.29, 0.717) is 11.9 Å². The lowest BCUT2D eigenvalue weighted by Gasteiger charge is -2.13. The fourth-order valence-corrected chi connectivity index (χ4v) is 1.94. The molecule has 15 heavy (non-hydrogen) atoms. The Kier molecular flexibility index (Phi) is 3.00. The van der Waals surface area contributed by atoms with E-state index in [-0.39, 0.29) is 0 Å². The summed E-state index contributed by atoms with van der Waals surface area (Å²) >= 11 is 1.51. The van der Waals surface area contributed by atoms with Crippen LogP contribution in [-0.2, 0) is 0 Å². The molecule has 1 aromatic heterocycles. The van der Waals surface area contributed by atoms with Crippen LogP contribution in [-0.4, -0.2) is 22.3 Å². The molecule has 5 heteroatoms. The van der Waals surface area contributed by atoms with E-state index in [0.717, 1.165) is 16.9 Å². The maximum absolute atomic E-state index is 5.70. The normalized spacial score (nSPS) is 17.5. The van der Waals surface area contributed by atoms with Crippen LogP contribution in [0.2, 0.25) is 0 Å². The number of hydrogen-bond donors (Lipinski definition) is 2. The Morgan fingerprint density at radius 3 is 2.87 bits per heavy atom. The van der Waals surface area contributed by atoms with Crippen molar-refractivity contribution in [3.05, 3.63) is 6.07 Å². The van der Waals surface area contributed by atoms with E-state index in [9.17, 15) is 0 Å². The monoisotopic (exact) mass is 224 g/mol. The first kappa shape index (κ1) is 10.5. The average Bonchev–Trinajstić information content (AvgIpc) is 2.99. The zero-order valence-electron chi connectivity index (χ0n) is 9.03. The molecule has 0 radical (unpaired) electrons. The highest BCUT2D eigenvalue weighted by molar-refractivity contribution is 7.98. The molecular weight excluding hydrogens is 208 g/mol. The summed E-state index contributed by atoms with van der Waals surface area (Å²) in [6.07, 6.45) is 4.59. The third-order valence-electron chi connectivity index (χ3n) is 2.61. The lowest BCUT2D eigenvalue weighted by molar-refractivity contribution is 0.688. The van der Waals surface area contributed by atoms with Crippen molar-refractivity contribution in [3.63, 3.8) is 0 Å². The summed E-state index contributed by atoms with van der Waals surface area (Å²) in [6, 6.07) is 2.27. The number of anilines is 2. The Morgan fingerprint density at radius 1 is 1.53 bits per heavy atom. The number of nitrogen functional groups attached to an aromatic ring is 1. The second kappa shape index (κ2) is 4.26. The lowest BCUT2D eigenvalue weighted by Crippen LogP contribution is -2.18. The van der Waals surface area contributed by atoms with E-state index in [4.69, 9.17) is 5.73 Å². The zero-order chi connectivity index (χ0) is 10.8. The van der Waals surface area contributed by atoms with Crippen molar-refractivity contribution >= 4 is 23.4 Å². The molecule has 82 valence electrons. The van der Waals surface area contributed by atoms with Gasteiger partial charge in [0.05, 0.1) is 0 Å². The number of hydrogen-bond acceptors (Lipinski definition) is 5. The lowest BCUT2D eigenvalue weighted by atomic mass is 10.2. The number of thioether (sulfide) groups is 1. The van der Waals surface area contributed by atoms with E-state index in [1.807, 2.05) is 6.26 Å². The van der Waals surface area contributed by atoms with E-state index < -0.39 is 0 Å². The van der Waals surface area contributed by atoms with E-state index in [1.165, 1.54) is 24.6 Å². The minimum Gasteiger partial charge on any atom is -0.383 e. The van der Waals surface area contributed by atoms with Gasteiger partial charge in [-0.15, -0.1) is 0 Å². The SMILES string of the molecule is CSc1nc(N)cc(NC(C)C2CC2)n1. The van der Waals surface area contributed by atoms with E-state index in [1.54, 1.807) is 6.07 Å². The van der Waals surface area contributed by atoms with Gasteiger partial charge in [-0.25, -0.2) is 9.97 Å². The largest absolute Gasteiger partial charge is 0.383 e. The van der Waals surface area contributed by atoms with Gasteiger partial charge in [-0.2, -0.15) is 0 Å². The van der Waals surface area contributed by atoms with Crippen LogP contribution in [0.15, 0.2) is 11.2 Å². The van der Waals surface area contributed by atoms with Crippen LogP contribution in [0.25, 0.3) is 0 Å². The van der Waals surface area contributed by atoms with Crippen molar-refractivity contribution in [3.8, 4) is 0 Å². The van der Waals surface area contributed by atoms with Crippen LogP contribution in [0.5, 0.6) is 0 Å². The first-order valence-electron chi connectivity index (χ1n) is 5.14. The van der Waals surface area contributed by atoms with Gasteiger partial charge < -0.3 is 11.1 Å². The molecule has 3 N–H and O–H groups in total. The summed E-state index contributed by atoms with van der Waals surface area (Å²) in [7, 11) is 0. The minimum absolute atomic E-state index is 0.481. The molecule has 1 aliphatic carbocycles. The Morgan fingerprint density at radius 2 is 2.27 bits per heavy atom. The van der Waals surface area contributed by atoms with Gasteiger partial charge in [0.1, 0.15) is 11.6 Å². The summed E-state index contributed by atoms with van der Waals surface area (Å²) in [5.74, 6) is 2.17. The Balaban J connectivity index is 2.08. The van der Waals surface area contributed by atoms with Gasteiger partial charge in [0.25, 0.3) is 0 Å². The van der Waals surface area contributed by atoms with Gasteiger partial charge in [-0.05, 0) is 31.9 Å². The average molecular weight is 224 g/mol. The summed E-state index contributed by atoms with van der Waals surface area (Å²) < 4.78 is 0. The van der Waals surface area contributed by atoms with Crippen molar-refractivity contribution in [1.82, 2.24) is 9.97 Å². The molecule has 2 rings (SSSR count). The minimum atomic E-state index is 0.481. The summed E-state index contributed by atoms with van der Waals surface area (Å²) in [6.45, 7) is 2.19. The number of nitrogens with zero attached hydrogens (tertiary/aromatic N) is 2. The molecule has 0 amide bonds. The van der Waals surface area contributed by atoms with Crippen molar-refractivity contribution in [2.45, 2.75) is 31.0 Å². The van der Waals surface area contributed by atoms with Gasteiger partial charge in [0.15, 0.2) is 5.16 Å². The Hall–Kier alpha value is -0.970. The molecule has 1 saturated carbocycles. The number of nitrogens with one attached hydrogen (secondary N) is 1. The van der Waals surface area contributed by atoms with Crippen LogP contribution >= 0.6 is 11.8 Å². The Bertz CT molecular complexity index is 351. The van der Waals surface area contributed by atoms with Gasteiger partial charge in [-0.1, -0.05) is 11.8 Å². The molecule has 0 aromatic carbocycles. The highest BCUT2D eigenvalue weighted by Gasteiger charge is 2.28. The van der Waals surface area contributed by atoms with Gasteiger partial charge in [-0.3, -0.25) is 0 Å². The molecule has 1 fully saturated rings. The highest BCUT2D eigenvalue weighted by atomic mass is 32.2. The van der Waals surface area contributed by atoms with E-state index >= 15 is 0 Å². The van der Waals surface area contributed by atoms with Crippen LogP contribution in [0.1, 0.15) is 19.8 Å². The fourth-order valence-electron chi connectivity index (χ4n) is 1.56. The molecule has 4 nitrogen and oxygen atoms in total. The molecule has 1 heterocycles. The maximum Gasteiger partial charge on any atom is 0.191 e. The van der Waals surface area contributed by atoms with Crippen molar-refractivity contribution in [2.24, 2.45) is 5.92 Å². The van der Waals surface area contributed by atoms with Gasteiger partial charge in [0.2, 0.25) is 0 Å². The zero-order valence-corrected chi connectivity index (χ0v) is 9.84. The third-order valence-corrected chi connectivity index (χ3v) is 3.16. The molecule has 0 bridgehead atoms. The van der Waals surface area contributed by atoms with Crippen molar-refractivity contribution < 1.29 is 0 Å². The summed E-state index contributed by atoms with van der Waals surface area (Å²) in [5, 5.41) is 4.10. The molecule has 0 saturated heterocycles. The second-order valence-corrected chi connectivity index (χ2v) is 4.71. The molecule has 1 aromatic rings. The quantitative estimate of drug-likeness (QED) is 0.605. The molecule has 0 spiro atoms. The number of rotatable bonds is 4. The molecule has 1 aliphatic rings. The molecule has 1 unspecified atom stereocenters. The third kappa shape index (κ3) is 2.75. The number of aromatic nitrogens is 2. The Labute approximate surface area is 94.1 Å². The summed E-state index contributed by atoms with van der Waals surface area (Å²) in [4.78, 5) is 8.47. The number of nitrogens with two attached hydrogens (primary N) is 1. The summed E-state index contributed by atoms with van der Waals surface area (Å²) in [5.41, 5.74) is 5.70. The second-order valence-electron chi connectivity index (χ2n) is 3.94. The van der Waals surface area contributed by atoms with E-state index in [2.05, 4.69) is 22.2 Å². The molecule has 0 aliphatic heterocycles. The van der Waals surface area contributed by atoms with Crippen LogP contribution in [0, 0.1) is 5.92 Å². The molecule has 1 atom stereocenters. The standard InChI is InChI=1S/C10H16N4S/c1-6(7-3-4-7)12-9-5-8(11)13-10(14-9)15-2/h5-7H,3-4H2,1-2H3,(H3,11,12,13,14). The van der Waals surface area contributed by atoms with Gasteiger partial charge in [0, 0.05) is 12.1 Å². The van der Waals surface area contributed by atoms with Crippen LogP contribution in [0.4, 0.5) is 11.6 Å². The molecular formula is C10H16N4S. The van der Waals surface area contributed by atoms with Crippen molar-refractivity contribution in [2.75, 3.05) is 17.3 Å². The predicted molar refractivity (Wildman–Crippen MR) is 64.0 cm³/mol. The fraction of sp³-hybridized carbons (Fsp3) is 0.600. The van der Waals surface area contributed by atoms with Crippen LogP contribution < -0.4 is 11.1 Å². The van der Waals surface area contributed by atoms with Gasteiger partial charge >= 0.3 is 0 Å².